The first-order valence-electron chi connectivity index (χ1n) is 6.96. The van der Waals surface area contributed by atoms with Gasteiger partial charge in [0.25, 0.3) is 0 Å². The van der Waals surface area contributed by atoms with Crippen LogP contribution in [0.3, 0.4) is 0 Å². The predicted molar refractivity (Wildman–Crippen MR) is 84.0 cm³/mol. The molecule has 2 aromatic carbocycles. The molecule has 3 rings (SSSR count). The van der Waals surface area contributed by atoms with Gasteiger partial charge < -0.3 is 9.30 Å². The van der Waals surface area contributed by atoms with Gasteiger partial charge in [0, 0.05) is 29.7 Å². The number of fused-ring (bicyclic) bond motifs is 1. The van der Waals surface area contributed by atoms with Crippen molar-refractivity contribution in [1.29, 1.82) is 0 Å². The molecular formula is C18H15NO3. The van der Waals surface area contributed by atoms with E-state index in [0.717, 1.165) is 10.9 Å². The van der Waals surface area contributed by atoms with E-state index in [1.165, 1.54) is 0 Å². The minimum Gasteiger partial charge on any atom is -0.454 e. The molecule has 22 heavy (non-hydrogen) atoms. The van der Waals surface area contributed by atoms with E-state index < -0.39 is 5.97 Å². The Morgan fingerprint density at radius 2 is 1.68 bits per heavy atom. The second-order valence-electron chi connectivity index (χ2n) is 5.04. The van der Waals surface area contributed by atoms with Crippen molar-refractivity contribution in [2.24, 2.45) is 7.05 Å². The molecule has 0 spiro atoms. The Bertz CT molecular complexity index is 834. The zero-order chi connectivity index (χ0) is 15.5. The first kappa shape index (κ1) is 14.1. The van der Waals surface area contributed by atoms with E-state index in [0.29, 0.717) is 11.1 Å². The molecule has 0 radical (unpaired) electrons. The number of esters is 1. The normalized spacial score (nSPS) is 10.6. The average molecular weight is 293 g/mol. The summed E-state index contributed by atoms with van der Waals surface area (Å²) in [7, 11) is 1.87. The topological polar surface area (TPSA) is 48.3 Å². The van der Waals surface area contributed by atoms with Crippen molar-refractivity contribution in [3.8, 4) is 0 Å². The number of para-hydroxylation sites is 1. The Hall–Kier alpha value is -2.88. The highest BCUT2D eigenvalue weighted by Gasteiger charge is 2.16. The van der Waals surface area contributed by atoms with Gasteiger partial charge >= 0.3 is 5.97 Å². The number of carbonyl (C=O) groups excluding carboxylic acids is 2. The van der Waals surface area contributed by atoms with Crippen molar-refractivity contribution in [2.45, 2.75) is 0 Å². The molecule has 0 aliphatic heterocycles. The molecule has 0 saturated carbocycles. The van der Waals surface area contributed by atoms with E-state index >= 15 is 0 Å². The van der Waals surface area contributed by atoms with Crippen LogP contribution >= 0.6 is 0 Å². The minimum atomic E-state index is -0.485. The smallest absolute Gasteiger partial charge is 0.340 e. The van der Waals surface area contributed by atoms with Crippen molar-refractivity contribution in [3.05, 3.63) is 71.9 Å². The molecule has 1 heterocycles. The summed E-state index contributed by atoms with van der Waals surface area (Å²) in [6.45, 7) is -0.258. The molecule has 1 aromatic heterocycles. The standard InChI is InChI=1S/C18H15NO3/c1-19-11-15(14-9-5-6-10-16(14)19)18(21)22-12-17(20)13-7-3-2-4-8-13/h2-11H,12H2,1H3. The van der Waals surface area contributed by atoms with Crippen LogP contribution in [-0.2, 0) is 11.8 Å². The first-order valence-corrected chi connectivity index (χ1v) is 6.96. The van der Waals surface area contributed by atoms with Gasteiger partial charge in [-0.05, 0) is 6.07 Å². The van der Waals surface area contributed by atoms with Crippen molar-refractivity contribution in [2.75, 3.05) is 6.61 Å². The number of ether oxygens (including phenoxy) is 1. The van der Waals surface area contributed by atoms with Gasteiger partial charge in [0.2, 0.25) is 0 Å². The van der Waals surface area contributed by atoms with Gasteiger partial charge in [-0.1, -0.05) is 48.5 Å². The molecule has 3 aromatic rings. The number of aryl methyl sites for hydroxylation is 1. The fraction of sp³-hybridized carbons (Fsp3) is 0.111. The van der Waals surface area contributed by atoms with Gasteiger partial charge in [-0.15, -0.1) is 0 Å². The molecule has 0 saturated heterocycles. The van der Waals surface area contributed by atoms with Gasteiger partial charge in [0.05, 0.1) is 5.56 Å². The van der Waals surface area contributed by atoms with Crippen molar-refractivity contribution in [1.82, 2.24) is 4.57 Å². The highest BCUT2D eigenvalue weighted by Crippen LogP contribution is 2.21. The van der Waals surface area contributed by atoms with Crippen LogP contribution in [0.1, 0.15) is 20.7 Å². The summed E-state index contributed by atoms with van der Waals surface area (Å²) < 4.78 is 7.03. The lowest BCUT2D eigenvalue weighted by Gasteiger charge is -2.03. The third-order valence-electron chi connectivity index (χ3n) is 3.55. The SMILES string of the molecule is Cn1cc(C(=O)OCC(=O)c2ccccc2)c2ccccc21. The zero-order valence-corrected chi connectivity index (χ0v) is 12.2. The quantitative estimate of drug-likeness (QED) is 0.548. The molecule has 0 aliphatic rings. The number of rotatable bonds is 4. The molecule has 0 aliphatic carbocycles. The number of ketones is 1. The zero-order valence-electron chi connectivity index (χ0n) is 12.2. The highest BCUT2D eigenvalue weighted by atomic mass is 16.5. The number of aromatic nitrogens is 1. The lowest BCUT2D eigenvalue weighted by Crippen LogP contribution is -2.14. The lowest BCUT2D eigenvalue weighted by molar-refractivity contribution is 0.0476. The Labute approximate surface area is 127 Å². The maximum Gasteiger partial charge on any atom is 0.340 e. The van der Waals surface area contributed by atoms with E-state index in [-0.39, 0.29) is 12.4 Å². The van der Waals surface area contributed by atoms with Crippen molar-refractivity contribution < 1.29 is 14.3 Å². The minimum absolute atomic E-state index is 0.214. The van der Waals surface area contributed by atoms with E-state index in [9.17, 15) is 9.59 Å². The average Bonchev–Trinajstić information content (AvgIpc) is 2.91. The molecule has 0 bridgehead atoms. The van der Waals surface area contributed by atoms with Gasteiger partial charge in [-0.3, -0.25) is 4.79 Å². The Morgan fingerprint density at radius 3 is 2.45 bits per heavy atom. The largest absolute Gasteiger partial charge is 0.454 e. The Balaban J connectivity index is 1.76. The highest BCUT2D eigenvalue weighted by molar-refractivity contribution is 6.05. The second kappa shape index (κ2) is 5.85. The Kier molecular flexibility index (Phi) is 3.74. The fourth-order valence-corrected chi connectivity index (χ4v) is 2.42. The molecule has 0 fully saturated rings. The molecule has 0 atom stereocenters. The summed E-state index contributed by atoms with van der Waals surface area (Å²) >= 11 is 0. The second-order valence-corrected chi connectivity index (χ2v) is 5.04. The van der Waals surface area contributed by atoms with Gasteiger partial charge in [-0.25, -0.2) is 4.79 Å². The van der Waals surface area contributed by atoms with E-state index in [1.807, 2.05) is 41.9 Å². The monoisotopic (exact) mass is 293 g/mol. The van der Waals surface area contributed by atoms with E-state index in [2.05, 4.69) is 0 Å². The van der Waals surface area contributed by atoms with Gasteiger partial charge in [0.15, 0.2) is 12.4 Å². The van der Waals surface area contributed by atoms with Crippen LogP contribution in [-0.4, -0.2) is 22.9 Å². The summed E-state index contributed by atoms with van der Waals surface area (Å²) in [6, 6.07) is 16.4. The number of nitrogens with zero attached hydrogens (tertiary/aromatic N) is 1. The summed E-state index contributed by atoms with van der Waals surface area (Å²) in [5.74, 6) is -0.699. The third-order valence-corrected chi connectivity index (χ3v) is 3.55. The van der Waals surface area contributed by atoms with Crippen LogP contribution in [0.5, 0.6) is 0 Å². The van der Waals surface area contributed by atoms with Crippen LogP contribution in [0.25, 0.3) is 10.9 Å². The van der Waals surface area contributed by atoms with Crippen molar-refractivity contribution in [3.63, 3.8) is 0 Å². The maximum absolute atomic E-state index is 12.2. The molecular weight excluding hydrogens is 278 g/mol. The van der Waals surface area contributed by atoms with Crippen LogP contribution < -0.4 is 0 Å². The van der Waals surface area contributed by atoms with Gasteiger partial charge in [0.1, 0.15) is 0 Å². The van der Waals surface area contributed by atoms with E-state index in [1.54, 1.807) is 30.5 Å². The number of hydrogen-bond donors (Lipinski definition) is 0. The molecule has 4 heteroatoms. The fourth-order valence-electron chi connectivity index (χ4n) is 2.42. The number of hydrogen-bond acceptors (Lipinski definition) is 3. The number of benzene rings is 2. The molecule has 0 amide bonds. The van der Waals surface area contributed by atoms with Gasteiger partial charge in [-0.2, -0.15) is 0 Å². The maximum atomic E-state index is 12.2. The summed E-state index contributed by atoms with van der Waals surface area (Å²) in [5, 5.41) is 0.821. The van der Waals surface area contributed by atoms with Crippen LogP contribution in [0.4, 0.5) is 0 Å². The summed E-state index contributed by atoms with van der Waals surface area (Å²) in [5.41, 5.74) is 1.95. The molecule has 0 unspecified atom stereocenters. The summed E-state index contributed by atoms with van der Waals surface area (Å²) in [4.78, 5) is 24.2. The molecule has 0 N–H and O–H groups in total. The Morgan fingerprint density at radius 1 is 1.00 bits per heavy atom. The number of Topliss-reactive ketones (excluding diaryl/α,β-unsaturated/α-hetero) is 1. The third kappa shape index (κ3) is 2.63. The number of carbonyl (C=O) groups is 2. The van der Waals surface area contributed by atoms with Crippen LogP contribution in [0, 0.1) is 0 Å². The molecule has 110 valence electrons. The molecule has 4 nitrogen and oxygen atoms in total. The first-order chi connectivity index (χ1) is 10.7. The van der Waals surface area contributed by atoms with Crippen LogP contribution in [0.2, 0.25) is 0 Å². The summed E-state index contributed by atoms with van der Waals surface area (Å²) in [6.07, 6.45) is 1.72. The lowest BCUT2D eigenvalue weighted by atomic mass is 10.1. The predicted octanol–water partition coefficient (Wildman–Crippen LogP) is 3.22. The van der Waals surface area contributed by atoms with Crippen molar-refractivity contribution >= 4 is 22.7 Å². The van der Waals surface area contributed by atoms with E-state index in [4.69, 9.17) is 4.74 Å². The van der Waals surface area contributed by atoms with Crippen LogP contribution in [0.15, 0.2) is 60.8 Å².